The Morgan fingerprint density at radius 2 is 1.11 bits per heavy atom. The summed E-state index contributed by atoms with van der Waals surface area (Å²) < 4.78 is 27.4. The van der Waals surface area contributed by atoms with E-state index in [0.717, 1.165) is 35.1 Å². The highest BCUT2D eigenvalue weighted by atomic mass is 19.1. The van der Waals surface area contributed by atoms with Gasteiger partial charge in [0, 0.05) is 0 Å². The molecule has 0 aromatic heterocycles. The van der Waals surface area contributed by atoms with Gasteiger partial charge in [-0.25, -0.2) is 8.78 Å². The average molecular weight is 244 g/mol. The molecule has 1 aliphatic rings. The molecule has 0 fully saturated rings. The highest BCUT2D eigenvalue weighted by Crippen LogP contribution is 2.36. The molecule has 0 N–H and O–H groups in total. The van der Waals surface area contributed by atoms with Gasteiger partial charge in [0.05, 0.1) is 0 Å². The average Bonchev–Trinajstić information content (AvgIpc) is 2.33. The van der Waals surface area contributed by atoms with Crippen LogP contribution in [-0.2, 0) is 12.8 Å². The van der Waals surface area contributed by atoms with Gasteiger partial charge in [0.15, 0.2) is 0 Å². The molecule has 0 atom stereocenters. The van der Waals surface area contributed by atoms with E-state index in [-0.39, 0.29) is 11.6 Å². The van der Waals surface area contributed by atoms with Crippen molar-refractivity contribution in [1.82, 2.24) is 0 Å². The number of rotatable bonds is 0. The van der Waals surface area contributed by atoms with Crippen molar-refractivity contribution in [2.75, 3.05) is 0 Å². The van der Waals surface area contributed by atoms with Crippen molar-refractivity contribution in [3.63, 3.8) is 0 Å². The summed E-state index contributed by atoms with van der Waals surface area (Å²) in [5, 5.41) is 0. The van der Waals surface area contributed by atoms with Gasteiger partial charge in [-0.1, -0.05) is 12.1 Å². The summed E-state index contributed by atoms with van der Waals surface area (Å²) >= 11 is 0. The van der Waals surface area contributed by atoms with Crippen LogP contribution < -0.4 is 0 Å². The van der Waals surface area contributed by atoms with E-state index in [4.69, 9.17) is 0 Å². The lowest BCUT2D eigenvalue weighted by Crippen LogP contribution is -2.06. The Hall–Kier alpha value is -1.70. The van der Waals surface area contributed by atoms with Crippen LogP contribution in [0.4, 0.5) is 8.78 Å². The van der Waals surface area contributed by atoms with Gasteiger partial charge < -0.3 is 0 Å². The summed E-state index contributed by atoms with van der Waals surface area (Å²) in [6, 6.07) is 6.84. The lowest BCUT2D eigenvalue weighted by molar-refractivity contribution is 0.614. The zero-order valence-corrected chi connectivity index (χ0v) is 10.5. The van der Waals surface area contributed by atoms with Crippen LogP contribution in [0.1, 0.15) is 22.3 Å². The molecule has 3 rings (SSSR count). The van der Waals surface area contributed by atoms with Gasteiger partial charge >= 0.3 is 0 Å². The highest BCUT2D eigenvalue weighted by molar-refractivity contribution is 5.74. The SMILES string of the molecule is Cc1cc2c(cc1F)-c1cc(F)c(C)cc1CC2. The van der Waals surface area contributed by atoms with Crippen LogP contribution in [0, 0.1) is 25.5 Å². The molecule has 0 saturated heterocycles. The molecule has 1 aliphatic carbocycles. The molecule has 0 heterocycles. The Labute approximate surface area is 105 Å². The van der Waals surface area contributed by atoms with Crippen molar-refractivity contribution in [3.05, 3.63) is 58.2 Å². The Morgan fingerprint density at radius 3 is 1.50 bits per heavy atom. The van der Waals surface area contributed by atoms with Crippen LogP contribution in [0.25, 0.3) is 11.1 Å². The zero-order valence-electron chi connectivity index (χ0n) is 10.5. The van der Waals surface area contributed by atoms with E-state index in [1.54, 1.807) is 13.8 Å². The maximum absolute atomic E-state index is 13.7. The first-order valence-corrected chi connectivity index (χ1v) is 6.14. The minimum Gasteiger partial charge on any atom is -0.207 e. The van der Waals surface area contributed by atoms with E-state index in [1.807, 2.05) is 12.1 Å². The van der Waals surface area contributed by atoms with E-state index >= 15 is 0 Å². The molecule has 2 heteroatoms. The lowest BCUT2D eigenvalue weighted by atomic mass is 9.84. The van der Waals surface area contributed by atoms with E-state index in [1.165, 1.54) is 12.1 Å². The predicted molar refractivity (Wildman–Crippen MR) is 68.7 cm³/mol. The standard InChI is InChI=1S/C16H14F2/c1-9-5-11-3-4-12-6-10(2)16(18)8-14(12)13(11)7-15(9)17/h5-8H,3-4H2,1-2H3. The zero-order chi connectivity index (χ0) is 12.9. The van der Waals surface area contributed by atoms with Crippen molar-refractivity contribution in [2.24, 2.45) is 0 Å². The fourth-order valence-corrected chi connectivity index (χ4v) is 2.67. The van der Waals surface area contributed by atoms with Crippen LogP contribution in [-0.4, -0.2) is 0 Å². The topological polar surface area (TPSA) is 0 Å². The molecule has 0 nitrogen and oxygen atoms in total. The van der Waals surface area contributed by atoms with Crippen molar-refractivity contribution in [3.8, 4) is 11.1 Å². The van der Waals surface area contributed by atoms with Gasteiger partial charge in [0.1, 0.15) is 11.6 Å². The molecule has 0 aliphatic heterocycles. The third-order valence-electron chi connectivity index (χ3n) is 3.72. The van der Waals surface area contributed by atoms with Gasteiger partial charge in [-0.2, -0.15) is 0 Å². The van der Waals surface area contributed by atoms with Crippen molar-refractivity contribution in [1.29, 1.82) is 0 Å². The second-order valence-electron chi connectivity index (χ2n) is 5.02. The largest absolute Gasteiger partial charge is 0.207 e. The molecule has 0 unspecified atom stereocenters. The monoisotopic (exact) mass is 244 g/mol. The van der Waals surface area contributed by atoms with Gasteiger partial charge in [-0.05, 0) is 72.2 Å². The fourth-order valence-electron chi connectivity index (χ4n) is 2.67. The normalized spacial score (nSPS) is 13.1. The third kappa shape index (κ3) is 1.64. The molecular weight excluding hydrogens is 230 g/mol. The Kier molecular flexibility index (Phi) is 2.47. The van der Waals surface area contributed by atoms with Crippen molar-refractivity contribution >= 4 is 0 Å². The summed E-state index contributed by atoms with van der Waals surface area (Å²) in [6.07, 6.45) is 1.79. The summed E-state index contributed by atoms with van der Waals surface area (Å²) in [7, 11) is 0. The number of fused-ring (bicyclic) bond motifs is 3. The molecule has 92 valence electrons. The van der Waals surface area contributed by atoms with Crippen LogP contribution >= 0.6 is 0 Å². The first kappa shape index (κ1) is 11.4. The molecule has 0 saturated carbocycles. The maximum Gasteiger partial charge on any atom is 0.126 e. The highest BCUT2D eigenvalue weighted by Gasteiger charge is 2.19. The molecule has 2 aromatic rings. The van der Waals surface area contributed by atoms with Gasteiger partial charge in [-0.3, -0.25) is 0 Å². The molecule has 0 radical (unpaired) electrons. The quantitative estimate of drug-likeness (QED) is 0.646. The van der Waals surface area contributed by atoms with Crippen LogP contribution in [0.5, 0.6) is 0 Å². The predicted octanol–water partition coefficient (Wildman–Crippen LogP) is 4.35. The van der Waals surface area contributed by atoms with Crippen LogP contribution in [0.2, 0.25) is 0 Å². The summed E-state index contributed by atoms with van der Waals surface area (Å²) in [6.45, 7) is 3.53. The number of halogens is 2. The van der Waals surface area contributed by atoms with Crippen molar-refractivity contribution < 1.29 is 8.78 Å². The fraction of sp³-hybridized carbons (Fsp3) is 0.250. The van der Waals surface area contributed by atoms with E-state index in [0.29, 0.717) is 11.1 Å². The maximum atomic E-state index is 13.7. The molecule has 0 amide bonds. The number of aryl methyl sites for hydroxylation is 4. The van der Waals surface area contributed by atoms with Crippen molar-refractivity contribution in [2.45, 2.75) is 26.7 Å². The number of benzene rings is 2. The molecule has 2 aromatic carbocycles. The van der Waals surface area contributed by atoms with Gasteiger partial charge in [-0.15, -0.1) is 0 Å². The first-order valence-electron chi connectivity index (χ1n) is 6.14. The van der Waals surface area contributed by atoms with Crippen LogP contribution in [0.15, 0.2) is 24.3 Å². The van der Waals surface area contributed by atoms with Gasteiger partial charge in [0.2, 0.25) is 0 Å². The number of hydrogen-bond acceptors (Lipinski definition) is 0. The van der Waals surface area contributed by atoms with Crippen LogP contribution in [0.3, 0.4) is 0 Å². The molecule has 18 heavy (non-hydrogen) atoms. The third-order valence-corrected chi connectivity index (χ3v) is 3.72. The Bertz CT molecular complexity index is 585. The second-order valence-corrected chi connectivity index (χ2v) is 5.02. The minimum atomic E-state index is -0.220. The number of hydrogen-bond donors (Lipinski definition) is 0. The summed E-state index contributed by atoms with van der Waals surface area (Å²) in [4.78, 5) is 0. The summed E-state index contributed by atoms with van der Waals surface area (Å²) in [5.74, 6) is -0.440. The Morgan fingerprint density at radius 1 is 0.722 bits per heavy atom. The first-order chi connectivity index (χ1) is 8.56. The smallest absolute Gasteiger partial charge is 0.126 e. The summed E-state index contributed by atoms with van der Waals surface area (Å²) in [5.41, 5.74) is 5.24. The second kappa shape index (κ2) is 3.91. The molecule has 0 spiro atoms. The van der Waals surface area contributed by atoms with E-state index in [2.05, 4.69) is 0 Å². The lowest BCUT2D eigenvalue weighted by Gasteiger charge is -2.21. The molecular formula is C16H14F2. The Balaban J connectivity index is 2.28. The van der Waals surface area contributed by atoms with Gasteiger partial charge in [0.25, 0.3) is 0 Å². The molecule has 0 bridgehead atoms. The van der Waals surface area contributed by atoms with E-state index in [9.17, 15) is 8.78 Å². The van der Waals surface area contributed by atoms with E-state index < -0.39 is 0 Å². The minimum absolute atomic E-state index is 0.220.